The minimum Gasteiger partial charge on any atom is -0.493 e. The minimum absolute atomic E-state index is 0.0785. The Kier molecular flexibility index (Phi) is 7.85. The van der Waals surface area contributed by atoms with E-state index in [0.717, 1.165) is 22.4 Å². The molecule has 4 rings (SSSR count). The van der Waals surface area contributed by atoms with Crippen LogP contribution in [0.1, 0.15) is 29.8 Å². The van der Waals surface area contributed by atoms with Crippen LogP contribution >= 0.6 is 11.6 Å². The lowest BCUT2D eigenvalue weighted by molar-refractivity contribution is -0.128. The van der Waals surface area contributed by atoms with E-state index in [9.17, 15) is 4.79 Å². The molecule has 3 aromatic rings. The molecule has 0 N–H and O–H groups in total. The third-order valence-electron chi connectivity index (χ3n) is 5.76. The molecular formula is C28H28ClN3O3. The summed E-state index contributed by atoms with van der Waals surface area (Å²) < 4.78 is 11.3. The Balaban J connectivity index is 1.73. The average Bonchev–Trinajstić information content (AvgIpc) is 3.17. The van der Waals surface area contributed by atoms with Gasteiger partial charge in [0.15, 0.2) is 11.5 Å². The molecule has 6 nitrogen and oxygen atoms in total. The van der Waals surface area contributed by atoms with Crippen LogP contribution in [0.2, 0.25) is 5.02 Å². The topological polar surface area (TPSA) is 54.4 Å². The van der Waals surface area contributed by atoms with E-state index in [4.69, 9.17) is 26.2 Å². The van der Waals surface area contributed by atoms with Crippen molar-refractivity contribution >= 4 is 23.2 Å². The molecule has 0 radical (unpaired) electrons. The van der Waals surface area contributed by atoms with Crippen molar-refractivity contribution < 1.29 is 14.3 Å². The highest BCUT2D eigenvalue weighted by atomic mass is 35.5. The SMILES string of the molecule is C=CCOc1ccc([C@H]2N(Cc3ccccc3)CC(=O)N2N=C(C)c2ccc(Cl)cc2)cc1OC. The van der Waals surface area contributed by atoms with E-state index < -0.39 is 6.17 Å². The van der Waals surface area contributed by atoms with Gasteiger partial charge < -0.3 is 9.47 Å². The van der Waals surface area contributed by atoms with Gasteiger partial charge in [-0.25, -0.2) is 5.01 Å². The number of benzene rings is 3. The Bertz CT molecular complexity index is 1210. The number of carbonyl (C=O) groups excluding carboxylic acids is 1. The average molecular weight is 490 g/mol. The highest BCUT2D eigenvalue weighted by molar-refractivity contribution is 6.30. The first-order chi connectivity index (χ1) is 17.0. The third kappa shape index (κ3) is 5.73. The van der Waals surface area contributed by atoms with E-state index in [2.05, 4.69) is 23.6 Å². The van der Waals surface area contributed by atoms with E-state index in [-0.39, 0.29) is 12.5 Å². The normalized spacial score (nSPS) is 16.4. The summed E-state index contributed by atoms with van der Waals surface area (Å²) in [5.74, 6) is 1.12. The van der Waals surface area contributed by atoms with Gasteiger partial charge in [0.05, 0.1) is 19.4 Å². The summed E-state index contributed by atoms with van der Waals surface area (Å²) in [6.45, 7) is 6.80. The third-order valence-corrected chi connectivity index (χ3v) is 6.01. The van der Waals surface area contributed by atoms with E-state index in [1.54, 1.807) is 18.2 Å². The van der Waals surface area contributed by atoms with Gasteiger partial charge in [0.25, 0.3) is 5.91 Å². The lowest BCUT2D eigenvalue weighted by Crippen LogP contribution is -2.29. The van der Waals surface area contributed by atoms with Gasteiger partial charge in [-0.1, -0.05) is 72.8 Å². The molecule has 1 aliphatic rings. The number of ether oxygens (including phenoxy) is 2. The molecule has 0 unspecified atom stereocenters. The molecule has 1 amide bonds. The molecule has 0 spiro atoms. The number of hydrazone groups is 1. The molecule has 0 aliphatic carbocycles. The highest BCUT2D eigenvalue weighted by Gasteiger charge is 2.39. The molecule has 1 heterocycles. The molecular weight excluding hydrogens is 462 g/mol. The summed E-state index contributed by atoms with van der Waals surface area (Å²) in [6, 6.07) is 23.2. The second kappa shape index (κ2) is 11.2. The van der Waals surface area contributed by atoms with Crippen molar-refractivity contribution in [3.05, 3.63) is 107 Å². The van der Waals surface area contributed by atoms with E-state index in [1.165, 1.54) is 0 Å². The summed E-state index contributed by atoms with van der Waals surface area (Å²) in [7, 11) is 1.60. The fourth-order valence-electron chi connectivity index (χ4n) is 4.07. The molecule has 7 heteroatoms. The zero-order chi connectivity index (χ0) is 24.8. The van der Waals surface area contributed by atoms with Gasteiger partial charge >= 0.3 is 0 Å². The zero-order valence-corrected chi connectivity index (χ0v) is 20.6. The number of hydrogen-bond donors (Lipinski definition) is 0. The smallest absolute Gasteiger partial charge is 0.258 e. The van der Waals surface area contributed by atoms with E-state index in [0.29, 0.717) is 29.7 Å². The standard InChI is InChI=1S/C28H28ClN3O3/c1-4-16-35-25-15-12-23(17-26(25)34-3)28-31(18-21-8-6-5-7-9-21)19-27(33)32(28)30-20(2)22-10-13-24(29)14-11-22/h4-15,17,28H,1,16,18-19H2,2-3H3/t28-/m0/s1. The Morgan fingerprint density at radius 3 is 2.54 bits per heavy atom. The van der Waals surface area contributed by atoms with Crippen LogP contribution in [-0.4, -0.2) is 41.8 Å². The van der Waals surface area contributed by atoms with Crippen LogP contribution in [0.5, 0.6) is 11.5 Å². The summed E-state index contributed by atoms with van der Waals surface area (Å²) in [4.78, 5) is 15.3. The van der Waals surface area contributed by atoms with Crippen LogP contribution in [0.15, 0.2) is 90.6 Å². The largest absolute Gasteiger partial charge is 0.493 e. The molecule has 1 saturated heterocycles. The Morgan fingerprint density at radius 1 is 1.11 bits per heavy atom. The van der Waals surface area contributed by atoms with Crippen molar-refractivity contribution in [3.8, 4) is 11.5 Å². The predicted molar refractivity (Wildman–Crippen MR) is 139 cm³/mol. The van der Waals surface area contributed by atoms with Crippen molar-refractivity contribution in [2.75, 3.05) is 20.3 Å². The number of amides is 1. The van der Waals surface area contributed by atoms with Crippen LogP contribution < -0.4 is 9.47 Å². The molecule has 35 heavy (non-hydrogen) atoms. The molecule has 0 bridgehead atoms. The second-order valence-corrected chi connectivity index (χ2v) is 8.64. The lowest BCUT2D eigenvalue weighted by Gasteiger charge is -2.28. The summed E-state index contributed by atoms with van der Waals surface area (Å²) >= 11 is 6.04. The van der Waals surface area contributed by atoms with Crippen molar-refractivity contribution in [2.45, 2.75) is 19.6 Å². The minimum atomic E-state index is -0.410. The summed E-state index contributed by atoms with van der Waals surface area (Å²) in [6.07, 6.45) is 1.27. The summed E-state index contributed by atoms with van der Waals surface area (Å²) in [5, 5.41) is 6.98. The zero-order valence-electron chi connectivity index (χ0n) is 19.9. The predicted octanol–water partition coefficient (Wildman–Crippen LogP) is 5.68. The van der Waals surface area contributed by atoms with Gasteiger partial charge in [-0.05, 0) is 47.9 Å². The molecule has 1 fully saturated rings. The fourth-order valence-corrected chi connectivity index (χ4v) is 4.20. The van der Waals surface area contributed by atoms with Crippen LogP contribution in [0.4, 0.5) is 0 Å². The first-order valence-corrected chi connectivity index (χ1v) is 11.7. The Morgan fingerprint density at radius 2 is 1.86 bits per heavy atom. The Labute approximate surface area is 211 Å². The number of rotatable bonds is 9. The van der Waals surface area contributed by atoms with Crippen LogP contribution in [0, 0.1) is 0 Å². The molecule has 1 aliphatic heterocycles. The molecule has 0 saturated carbocycles. The van der Waals surface area contributed by atoms with Gasteiger partial charge in [-0.3, -0.25) is 9.69 Å². The number of hydrogen-bond acceptors (Lipinski definition) is 5. The van der Waals surface area contributed by atoms with E-state index >= 15 is 0 Å². The van der Waals surface area contributed by atoms with Crippen molar-refractivity contribution in [1.82, 2.24) is 9.91 Å². The highest BCUT2D eigenvalue weighted by Crippen LogP contribution is 2.37. The number of methoxy groups -OCH3 is 1. The van der Waals surface area contributed by atoms with Gasteiger partial charge in [0.2, 0.25) is 0 Å². The molecule has 180 valence electrons. The lowest BCUT2D eigenvalue weighted by atomic mass is 10.1. The molecule has 1 atom stereocenters. The van der Waals surface area contributed by atoms with Crippen molar-refractivity contribution in [2.24, 2.45) is 5.10 Å². The summed E-state index contributed by atoms with van der Waals surface area (Å²) in [5.41, 5.74) is 3.61. The van der Waals surface area contributed by atoms with E-state index in [1.807, 2.05) is 67.6 Å². The number of nitrogens with zero attached hydrogens (tertiary/aromatic N) is 3. The molecule has 0 aromatic heterocycles. The monoisotopic (exact) mass is 489 g/mol. The van der Waals surface area contributed by atoms with Gasteiger partial charge in [0.1, 0.15) is 12.8 Å². The second-order valence-electron chi connectivity index (χ2n) is 8.20. The van der Waals surface area contributed by atoms with Crippen LogP contribution in [0.25, 0.3) is 0 Å². The number of halogens is 1. The van der Waals surface area contributed by atoms with Crippen LogP contribution in [-0.2, 0) is 11.3 Å². The van der Waals surface area contributed by atoms with Crippen molar-refractivity contribution in [3.63, 3.8) is 0 Å². The van der Waals surface area contributed by atoms with Gasteiger partial charge in [-0.2, -0.15) is 5.10 Å². The molecule has 3 aromatic carbocycles. The van der Waals surface area contributed by atoms with Gasteiger partial charge in [0, 0.05) is 11.6 Å². The van der Waals surface area contributed by atoms with Gasteiger partial charge in [-0.15, -0.1) is 0 Å². The Hall–Kier alpha value is -3.61. The first-order valence-electron chi connectivity index (χ1n) is 11.3. The van der Waals surface area contributed by atoms with Crippen molar-refractivity contribution in [1.29, 1.82) is 0 Å². The fraction of sp³-hybridized carbons (Fsp3) is 0.214. The maximum absolute atomic E-state index is 13.2. The quantitative estimate of drug-likeness (QED) is 0.286. The maximum atomic E-state index is 13.2. The number of carbonyl (C=O) groups is 1. The first kappa shape index (κ1) is 24.5. The van der Waals surface area contributed by atoms with Crippen LogP contribution in [0.3, 0.4) is 0 Å². The maximum Gasteiger partial charge on any atom is 0.258 e.